The number of non-ortho nitro benzene ring substituents is 1. The van der Waals surface area contributed by atoms with Crippen LogP contribution in [-0.2, 0) is 0 Å². The third-order valence-corrected chi connectivity index (χ3v) is 4.53. The Morgan fingerprint density at radius 3 is 2.22 bits per heavy atom. The van der Waals surface area contributed by atoms with E-state index in [2.05, 4.69) is 13.8 Å². The molecular weight excluding hydrogens is 300 g/mol. The van der Waals surface area contributed by atoms with Gasteiger partial charge in [-0.1, -0.05) is 18.5 Å². The second-order valence-electron chi connectivity index (χ2n) is 7.10. The molecular formula is C15H21N4O4+. The van der Waals surface area contributed by atoms with Crippen molar-refractivity contribution in [2.75, 3.05) is 0 Å². The molecule has 1 aromatic carbocycles. The maximum Gasteiger partial charge on any atom is 0.349 e. The van der Waals surface area contributed by atoms with E-state index in [1.807, 2.05) is 20.8 Å². The molecule has 0 bridgehead atoms. The minimum Gasteiger partial charge on any atom is -0.258 e. The number of nitrogens with zero attached hydrogens (tertiary/aromatic N) is 4. The number of hydrogen-bond acceptors (Lipinski definition) is 5. The van der Waals surface area contributed by atoms with E-state index >= 15 is 0 Å². The molecule has 1 aliphatic rings. The predicted molar refractivity (Wildman–Crippen MR) is 84.0 cm³/mol. The van der Waals surface area contributed by atoms with Crippen LogP contribution in [0.3, 0.4) is 0 Å². The summed E-state index contributed by atoms with van der Waals surface area (Å²) in [5.41, 5.74) is -1.07. The number of nitro groups is 2. The molecule has 0 N–H and O–H groups in total. The van der Waals surface area contributed by atoms with Gasteiger partial charge in [-0.05, 0) is 18.0 Å². The van der Waals surface area contributed by atoms with Crippen molar-refractivity contribution >= 4 is 17.1 Å². The van der Waals surface area contributed by atoms with Crippen LogP contribution in [0.4, 0.5) is 17.1 Å². The quantitative estimate of drug-likeness (QED) is 0.471. The van der Waals surface area contributed by atoms with Gasteiger partial charge in [0.05, 0.1) is 9.85 Å². The second-order valence-corrected chi connectivity index (χ2v) is 7.10. The Bertz CT molecular complexity index is 711. The molecule has 1 atom stereocenters. The van der Waals surface area contributed by atoms with E-state index in [1.54, 1.807) is 4.70 Å². The van der Waals surface area contributed by atoms with Gasteiger partial charge in [0.2, 0.25) is 0 Å². The molecule has 1 aromatic rings. The van der Waals surface area contributed by atoms with Crippen molar-refractivity contribution in [3.05, 3.63) is 38.4 Å². The maximum absolute atomic E-state index is 11.4. The maximum atomic E-state index is 11.4. The van der Waals surface area contributed by atoms with Crippen LogP contribution in [0, 0.1) is 26.1 Å². The predicted octanol–water partition coefficient (Wildman–Crippen LogP) is 4.20. The lowest BCUT2D eigenvalue weighted by atomic mass is 9.80. The molecule has 0 radical (unpaired) electrons. The minimum atomic E-state index is -0.638. The summed E-state index contributed by atoms with van der Waals surface area (Å²) in [6.45, 7) is 10.1. The largest absolute Gasteiger partial charge is 0.349 e. The van der Waals surface area contributed by atoms with Crippen molar-refractivity contribution in [1.82, 2.24) is 0 Å². The Hall–Kier alpha value is -2.38. The number of azo groups is 2. The lowest BCUT2D eigenvalue weighted by Gasteiger charge is -2.22. The van der Waals surface area contributed by atoms with Gasteiger partial charge in [-0.15, -0.1) is 0 Å². The number of hydrogen-bond donors (Lipinski definition) is 0. The molecule has 124 valence electrons. The van der Waals surface area contributed by atoms with Gasteiger partial charge < -0.3 is 0 Å². The van der Waals surface area contributed by atoms with Gasteiger partial charge in [0.15, 0.2) is 5.54 Å². The SMILES string of the molecule is CC(C)[C@]1(C)CC(C)(C)[N+](c2ccc([N+](=O)[O-])cc2[N+](=O)[O-])=N1. The summed E-state index contributed by atoms with van der Waals surface area (Å²) in [5, 5.41) is 27.0. The average Bonchev–Trinajstić information content (AvgIpc) is 2.68. The summed E-state index contributed by atoms with van der Waals surface area (Å²) in [7, 11) is 0. The minimum absolute atomic E-state index is 0.267. The lowest BCUT2D eigenvalue weighted by molar-refractivity contribution is -0.578. The summed E-state index contributed by atoms with van der Waals surface area (Å²) < 4.78 is 1.65. The van der Waals surface area contributed by atoms with Crippen LogP contribution in [0.2, 0.25) is 0 Å². The highest BCUT2D eigenvalue weighted by molar-refractivity contribution is 5.58. The third kappa shape index (κ3) is 2.93. The van der Waals surface area contributed by atoms with E-state index in [0.717, 1.165) is 12.5 Å². The number of benzene rings is 1. The monoisotopic (exact) mass is 321 g/mol. The Morgan fingerprint density at radius 1 is 1.17 bits per heavy atom. The molecule has 0 spiro atoms. The van der Waals surface area contributed by atoms with Crippen LogP contribution in [0.25, 0.3) is 0 Å². The Labute approximate surface area is 134 Å². The normalized spacial score (nSPS) is 23.0. The van der Waals surface area contributed by atoms with Crippen molar-refractivity contribution in [3.8, 4) is 0 Å². The molecule has 1 heterocycles. The van der Waals surface area contributed by atoms with Gasteiger partial charge in [-0.3, -0.25) is 20.2 Å². The van der Waals surface area contributed by atoms with Gasteiger partial charge in [0, 0.05) is 32.4 Å². The van der Waals surface area contributed by atoms with Gasteiger partial charge in [-0.2, -0.15) is 0 Å². The molecule has 0 amide bonds. The molecule has 2 rings (SSSR count). The zero-order valence-corrected chi connectivity index (χ0v) is 13.9. The van der Waals surface area contributed by atoms with Gasteiger partial charge in [0.25, 0.3) is 5.69 Å². The van der Waals surface area contributed by atoms with E-state index in [-0.39, 0.29) is 28.5 Å². The molecule has 8 heteroatoms. The van der Waals surface area contributed by atoms with E-state index in [1.165, 1.54) is 12.1 Å². The highest BCUT2D eigenvalue weighted by atomic mass is 16.6. The fourth-order valence-corrected chi connectivity index (χ4v) is 3.00. The van der Waals surface area contributed by atoms with Crippen molar-refractivity contribution < 1.29 is 14.5 Å². The fourth-order valence-electron chi connectivity index (χ4n) is 3.00. The molecule has 1 aliphatic heterocycles. The first-order valence-corrected chi connectivity index (χ1v) is 7.44. The van der Waals surface area contributed by atoms with Crippen LogP contribution in [-0.4, -0.2) is 25.6 Å². The second kappa shape index (κ2) is 5.36. The van der Waals surface area contributed by atoms with Gasteiger partial charge >= 0.3 is 11.4 Å². The van der Waals surface area contributed by atoms with Crippen molar-refractivity contribution in [1.29, 1.82) is 0 Å². The highest BCUT2D eigenvalue weighted by Gasteiger charge is 2.53. The first-order valence-electron chi connectivity index (χ1n) is 7.44. The molecule has 8 nitrogen and oxygen atoms in total. The van der Waals surface area contributed by atoms with Crippen LogP contribution in [0.1, 0.15) is 41.0 Å². The van der Waals surface area contributed by atoms with Crippen LogP contribution >= 0.6 is 0 Å². The Balaban J connectivity index is 2.65. The fraction of sp³-hybridized carbons (Fsp3) is 0.600. The zero-order chi connectivity index (χ0) is 17.6. The van der Waals surface area contributed by atoms with E-state index in [4.69, 9.17) is 5.11 Å². The van der Waals surface area contributed by atoms with E-state index in [0.29, 0.717) is 0 Å². The average molecular weight is 321 g/mol. The summed E-state index contributed by atoms with van der Waals surface area (Å²) in [4.78, 5) is 21.0. The van der Waals surface area contributed by atoms with Crippen LogP contribution in [0.5, 0.6) is 0 Å². The Kier molecular flexibility index (Phi) is 3.96. The summed E-state index contributed by atoms with van der Waals surface area (Å²) in [6, 6.07) is 3.68. The standard InChI is InChI=1S/C15H21N4O4/c1-10(2)15(5)9-14(3,4)17(16-15)12-7-6-11(18(20)21)8-13(12)19(22)23/h6-8,10H,9H2,1-5H3/q+1/t15-/m0/s1. The molecule has 0 fully saturated rings. The van der Waals surface area contributed by atoms with Gasteiger partial charge in [0.1, 0.15) is 11.6 Å². The van der Waals surface area contributed by atoms with E-state index < -0.39 is 15.4 Å². The van der Waals surface area contributed by atoms with Crippen LogP contribution in [0.15, 0.2) is 23.3 Å². The molecule has 0 saturated heterocycles. The summed E-state index contributed by atoms with van der Waals surface area (Å²) in [6.07, 6.45) is 0.742. The zero-order valence-electron chi connectivity index (χ0n) is 13.9. The Morgan fingerprint density at radius 2 is 1.78 bits per heavy atom. The molecule has 0 saturated carbocycles. The smallest absolute Gasteiger partial charge is 0.258 e. The lowest BCUT2D eigenvalue weighted by Crippen LogP contribution is -2.34. The molecule has 0 unspecified atom stereocenters. The van der Waals surface area contributed by atoms with Crippen molar-refractivity contribution in [3.63, 3.8) is 0 Å². The topological polar surface area (TPSA) is 102 Å². The summed E-state index contributed by atoms with van der Waals surface area (Å²) >= 11 is 0. The number of nitro benzene ring substituents is 2. The first-order chi connectivity index (χ1) is 10.5. The van der Waals surface area contributed by atoms with E-state index in [9.17, 15) is 20.2 Å². The van der Waals surface area contributed by atoms with Gasteiger partial charge in [-0.25, -0.2) is 0 Å². The number of rotatable bonds is 4. The highest BCUT2D eigenvalue weighted by Crippen LogP contribution is 2.45. The van der Waals surface area contributed by atoms with Crippen molar-refractivity contribution in [2.24, 2.45) is 11.0 Å². The molecule has 0 aromatic heterocycles. The van der Waals surface area contributed by atoms with Crippen LogP contribution < -0.4 is 0 Å². The molecule has 0 aliphatic carbocycles. The third-order valence-electron chi connectivity index (χ3n) is 4.53. The van der Waals surface area contributed by atoms with Crippen molar-refractivity contribution in [2.45, 2.75) is 52.1 Å². The summed E-state index contributed by atoms with van der Waals surface area (Å²) in [5.74, 6) is 0.267. The molecule has 23 heavy (non-hydrogen) atoms. The first kappa shape index (κ1) is 17.0.